The van der Waals surface area contributed by atoms with Gasteiger partial charge in [-0.05, 0) is 22.3 Å². The lowest BCUT2D eigenvalue weighted by molar-refractivity contribution is 0.0993. The van der Waals surface area contributed by atoms with E-state index >= 15 is 0 Å². The molecule has 2 heteroatoms. The van der Waals surface area contributed by atoms with Crippen LogP contribution < -0.4 is 0 Å². The monoisotopic (exact) mass is 240 g/mol. The van der Waals surface area contributed by atoms with E-state index in [-0.39, 0.29) is 0 Å². The number of benzene rings is 2. The van der Waals surface area contributed by atoms with Gasteiger partial charge >= 0.3 is 0 Å². The Kier molecular flexibility index (Phi) is 3.40. The molecule has 2 aromatic carbocycles. The molecule has 0 saturated heterocycles. The van der Waals surface area contributed by atoms with Gasteiger partial charge in [0.25, 0.3) is 0 Å². The van der Waals surface area contributed by atoms with Crippen molar-refractivity contribution in [3.05, 3.63) is 70.8 Å². The second-order valence-corrected chi connectivity index (χ2v) is 4.63. The molecule has 18 heavy (non-hydrogen) atoms. The molecule has 2 nitrogen and oxygen atoms in total. The number of fused-ring (bicyclic) bond motifs is 4. The summed E-state index contributed by atoms with van der Waals surface area (Å²) >= 11 is 0. The largest absolute Gasteiger partial charge is 0.372 e. The van der Waals surface area contributed by atoms with Crippen LogP contribution in [-0.2, 0) is 35.9 Å². The normalized spacial score (nSPS) is 15.6. The Balaban J connectivity index is 1.84. The molecule has 0 aromatic heterocycles. The first-order valence-corrected chi connectivity index (χ1v) is 6.21. The quantitative estimate of drug-likeness (QED) is 0.702. The Bertz CT molecular complexity index is 446. The minimum Gasteiger partial charge on any atom is -0.372 e. The van der Waals surface area contributed by atoms with E-state index in [0.29, 0.717) is 26.4 Å². The molecule has 0 fully saturated rings. The lowest BCUT2D eigenvalue weighted by atomic mass is 10.1. The van der Waals surface area contributed by atoms with E-state index < -0.39 is 0 Å². The van der Waals surface area contributed by atoms with Crippen molar-refractivity contribution in [1.82, 2.24) is 0 Å². The SMILES string of the molecule is c1cc2cc(c1)COCc1cccc(c1)COC2. The third kappa shape index (κ3) is 2.78. The van der Waals surface area contributed by atoms with Crippen molar-refractivity contribution < 1.29 is 9.47 Å². The molecule has 0 N–H and O–H groups in total. The number of ether oxygens (including phenoxy) is 2. The zero-order chi connectivity index (χ0) is 12.2. The summed E-state index contributed by atoms with van der Waals surface area (Å²) in [4.78, 5) is 0. The van der Waals surface area contributed by atoms with Crippen LogP contribution in [0.2, 0.25) is 0 Å². The molecular weight excluding hydrogens is 224 g/mol. The molecule has 0 unspecified atom stereocenters. The summed E-state index contributed by atoms with van der Waals surface area (Å²) in [6.45, 7) is 2.60. The van der Waals surface area contributed by atoms with Crippen LogP contribution in [0.1, 0.15) is 22.3 Å². The Morgan fingerprint density at radius 2 is 0.889 bits per heavy atom. The van der Waals surface area contributed by atoms with Crippen LogP contribution >= 0.6 is 0 Å². The predicted molar refractivity (Wildman–Crippen MR) is 69.9 cm³/mol. The van der Waals surface area contributed by atoms with Crippen LogP contribution in [-0.4, -0.2) is 0 Å². The van der Waals surface area contributed by atoms with Crippen LogP contribution in [0, 0.1) is 0 Å². The summed E-state index contributed by atoms with van der Waals surface area (Å²) in [7, 11) is 0. The first-order valence-electron chi connectivity index (χ1n) is 6.21. The minimum absolute atomic E-state index is 0.651. The van der Waals surface area contributed by atoms with E-state index in [0.717, 1.165) is 0 Å². The maximum Gasteiger partial charge on any atom is 0.0721 e. The molecule has 0 atom stereocenters. The van der Waals surface area contributed by atoms with E-state index in [4.69, 9.17) is 9.47 Å². The molecule has 0 spiro atoms. The van der Waals surface area contributed by atoms with Gasteiger partial charge in [0.15, 0.2) is 0 Å². The zero-order valence-electron chi connectivity index (χ0n) is 10.3. The van der Waals surface area contributed by atoms with E-state index in [1.54, 1.807) is 0 Å². The highest BCUT2D eigenvalue weighted by molar-refractivity contribution is 5.24. The van der Waals surface area contributed by atoms with Gasteiger partial charge in [-0.2, -0.15) is 0 Å². The van der Waals surface area contributed by atoms with E-state index in [9.17, 15) is 0 Å². The van der Waals surface area contributed by atoms with Gasteiger partial charge in [0.2, 0.25) is 0 Å². The molecule has 0 amide bonds. The summed E-state index contributed by atoms with van der Waals surface area (Å²) in [6, 6.07) is 16.8. The van der Waals surface area contributed by atoms with Crippen molar-refractivity contribution in [3.8, 4) is 0 Å². The molecule has 0 saturated carbocycles. The summed E-state index contributed by atoms with van der Waals surface area (Å²) in [5, 5.41) is 0. The third-order valence-corrected chi connectivity index (χ3v) is 3.06. The van der Waals surface area contributed by atoms with Gasteiger partial charge in [0.1, 0.15) is 0 Å². The average molecular weight is 240 g/mol. The van der Waals surface area contributed by atoms with Crippen molar-refractivity contribution in [2.45, 2.75) is 26.4 Å². The highest BCUT2D eigenvalue weighted by atomic mass is 16.5. The van der Waals surface area contributed by atoms with E-state index in [2.05, 4.69) is 48.5 Å². The van der Waals surface area contributed by atoms with Gasteiger partial charge in [-0.25, -0.2) is 0 Å². The molecule has 0 radical (unpaired) electrons. The molecule has 92 valence electrons. The summed E-state index contributed by atoms with van der Waals surface area (Å²) in [5.74, 6) is 0. The second kappa shape index (κ2) is 5.34. The lowest BCUT2D eigenvalue weighted by Gasteiger charge is -2.11. The van der Waals surface area contributed by atoms with Gasteiger partial charge in [-0.3, -0.25) is 0 Å². The molecule has 4 bridgehead atoms. The van der Waals surface area contributed by atoms with Crippen molar-refractivity contribution >= 4 is 0 Å². The Morgan fingerprint density at radius 1 is 0.556 bits per heavy atom. The maximum atomic E-state index is 5.74. The molecule has 0 aliphatic carbocycles. The van der Waals surface area contributed by atoms with Gasteiger partial charge in [-0.15, -0.1) is 0 Å². The average Bonchev–Trinajstić information content (AvgIpc) is 2.39. The van der Waals surface area contributed by atoms with Crippen LogP contribution in [0.25, 0.3) is 0 Å². The Hall–Kier alpha value is -1.64. The molecule has 1 aliphatic heterocycles. The smallest absolute Gasteiger partial charge is 0.0721 e. The lowest BCUT2D eigenvalue weighted by Crippen LogP contribution is -2.00. The number of hydrogen-bond donors (Lipinski definition) is 0. The molecule has 1 aliphatic rings. The van der Waals surface area contributed by atoms with Crippen LogP contribution in [0.5, 0.6) is 0 Å². The fourth-order valence-corrected chi connectivity index (χ4v) is 2.19. The fraction of sp³-hybridized carbons (Fsp3) is 0.250. The highest BCUT2D eigenvalue weighted by Crippen LogP contribution is 2.14. The summed E-state index contributed by atoms with van der Waals surface area (Å²) in [5.41, 5.74) is 4.81. The first kappa shape index (κ1) is 11.5. The highest BCUT2D eigenvalue weighted by Gasteiger charge is 2.02. The van der Waals surface area contributed by atoms with E-state index in [1.807, 2.05) is 0 Å². The standard InChI is InChI=1S/C16H16O2/c1-3-13-7-14(4-1)10-18-12-16-6-2-5-15(8-16)11-17-9-13/h1-8H,9-12H2. The molecule has 2 aromatic rings. The fourth-order valence-electron chi connectivity index (χ4n) is 2.19. The van der Waals surface area contributed by atoms with Crippen LogP contribution in [0.3, 0.4) is 0 Å². The van der Waals surface area contributed by atoms with Crippen LogP contribution in [0.15, 0.2) is 48.5 Å². The summed E-state index contributed by atoms with van der Waals surface area (Å²) < 4.78 is 11.5. The zero-order valence-corrected chi connectivity index (χ0v) is 10.3. The predicted octanol–water partition coefficient (Wildman–Crippen LogP) is 3.43. The van der Waals surface area contributed by atoms with Crippen molar-refractivity contribution in [2.24, 2.45) is 0 Å². The molecule has 3 rings (SSSR count). The van der Waals surface area contributed by atoms with Crippen molar-refractivity contribution in [2.75, 3.05) is 0 Å². The van der Waals surface area contributed by atoms with Gasteiger partial charge in [-0.1, -0.05) is 48.5 Å². The van der Waals surface area contributed by atoms with Gasteiger partial charge in [0, 0.05) is 0 Å². The van der Waals surface area contributed by atoms with Crippen molar-refractivity contribution in [3.63, 3.8) is 0 Å². The second-order valence-electron chi connectivity index (χ2n) is 4.63. The maximum absolute atomic E-state index is 5.74. The topological polar surface area (TPSA) is 18.5 Å². The number of hydrogen-bond acceptors (Lipinski definition) is 2. The number of rotatable bonds is 0. The first-order chi connectivity index (χ1) is 8.90. The minimum atomic E-state index is 0.651. The Labute approximate surface area is 107 Å². The Morgan fingerprint density at radius 3 is 1.22 bits per heavy atom. The summed E-state index contributed by atoms with van der Waals surface area (Å²) in [6.07, 6.45) is 0. The van der Waals surface area contributed by atoms with Crippen LogP contribution in [0.4, 0.5) is 0 Å². The molecular formula is C16H16O2. The third-order valence-electron chi connectivity index (χ3n) is 3.06. The van der Waals surface area contributed by atoms with E-state index in [1.165, 1.54) is 22.3 Å². The van der Waals surface area contributed by atoms with Gasteiger partial charge < -0.3 is 9.47 Å². The van der Waals surface area contributed by atoms with Gasteiger partial charge in [0.05, 0.1) is 26.4 Å². The van der Waals surface area contributed by atoms with Crippen molar-refractivity contribution in [1.29, 1.82) is 0 Å². The molecule has 1 heterocycles.